The van der Waals surface area contributed by atoms with Crippen LogP contribution in [0.1, 0.15) is 17.3 Å². The molecule has 0 saturated carbocycles. The molecule has 2 atom stereocenters. The molecule has 1 fully saturated rings. The average Bonchev–Trinajstić information content (AvgIpc) is 2.99. The number of thiophene rings is 1. The van der Waals surface area contributed by atoms with Gasteiger partial charge in [-0.1, -0.05) is 6.07 Å². The van der Waals surface area contributed by atoms with Gasteiger partial charge in [-0.15, -0.1) is 11.3 Å². The van der Waals surface area contributed by atoms with Gasteiger partial charge in [-0.3, -0.25) is 4.79 Å². The Bertz CT molecular complexity index is 443. The molecule has 2 N–H and O–H groups in total. The number of nitrogens with one attached hydrogen (secondary N) is 2. The third kappa shape index (κ3) is 4.03. The Balaban J connectivity index is 1.93. The normalized spacial score (nSPS) is 20.1. The summed E-state index contributed by atoms with van der Waals surface area (Å²) in [7, 11) is 1.31. The number of carbonyl (C=O) groups is 2. The minimum atomic E-state index is -0.739. The minimum absolute atomic E-state index is 0.00890. The molecule has 7 heteroatoms. The van der Waals surface area contributed by atoms with Crippen molar-refractivity contribution >= 4 is 23.2 Å². The van der Waals surface area contributed by atoms with Gasteiger partial charge in [0.25, 0.3) is 0 Å². The van der Waals surface area contributed by atoms with Crippen molar-refractivity contribution in [1.82, 2.24) is 10.6 Å². The maximum absolute atomic E-state index is 12.0. The van der Waals surface area contributed by atoms with Crippen LogP contribution in [-0.4, -0.2) is 44.8 Å². The summed E-state index contributed by atoms with van der Waals surface area (Å²) >= 11 is 1.41. The first kappa shape index (κ1) is 15.0. The maximum Gasteiger partial charge on any atom is 0.333 e. The Kier molecular flexibility index (Phi) is 5.51. The molecule has 1 saturated heterocycles. The molecule has 2 rings (SSSR count). The first-order chi connectivity index (χ1) is 9.70. The van der Waals surface area contributed by atoms with Gasteiger partial charge in [0.15, 0.2) is 6.04 Å². The van der Waals surface area contributed by atoms with Gasteiger partial charge in [-0.25, -0.2) is 4.79 Å². The van der Waals surface area contributed by atoms with Crippen LogP contribution in [0.15, 0.2) is 17.5 Å². The van der Waals surface area contributed by atoms with E-state index in [0.29, 0.717) is 13.2 Å². The smallest absolute Gasteiger partial charge is 0.333 e. The van der Waals surface area contributed by atoms with Gasteiger partial charge in [0, 0.05) is 23.9 Å². The summed E-state index contributed by atoms with van der Waals surface area (Å²) in [6, 6.07) is 2.88. The van der Waals surface area contributed by atoms with Crippen molar-refractivity contribution in [2.75, 3.05) is 26.9 Å². The first-order valence-electron chi connectivity index (χ1n) is 6.42. The van der Waals surface area contributed by atoms with Crippen molar-refractivity contribution in [1.29, 1.82) is 0 Å². The van der Waals surface area contributed by atoms with Gasteiger partial charge >= 0.3 is 5.97 Å². The van der Waals surface area contributed by atoms with E-state index >= 15 is 0 Å². The SMILES string of the molecule is COC(=O)C(NC(=O)CC1COCCN1)c1cccs1. The van der Waals surface area contributed by atoms with Crippen molar-refractivity contribution in [3.05, 3.63) is 22.4 Å². The van der Waals surface area contributed by atoms with E-state index in [1.165, 1.54) is 18.4 Å². The van der Waals surface area contributed by atoms with Crippen LogP contribution < -0.4 is 10.6 Å². The van der Waals surface area contributed by atoms with E-state index in [4.69, 9.17) is 9.47 Å². The fraction of sp³-hybridized carbons (Fsp3) is 0.538. The Hall–Kier alpha value is -1.44. The van der Waals surface area contributed by atoms with E-state index < -0.39 is 12.0 Å². The summed E-state index contributed by atoms with van der Waals surface area (Å²) in [5, 5.41) is 7.78. The Morgan fingerprint density at radius 3 is 3.10 bits per heavy atom. The highest BCUT2D eigenvalue weighted by molar-refractivity contribution is 7.10. The lowest BCUT2D eigenvalue weighted by atomic mass is 10.1. The Morgan fingerprint density at radius 1 is 1.65 bits per heavy atom. The predicted molar refractivity (Wildman–Crippen MR) is 74.4 cm³/mol. The first-order valence-corrected chi connectivity index (χ1v) is 7.30. The van der Waals surface area contributed by atoms with Gasteiger partial charge in [0.05, 0.1) is 20.3 Å². The Morgan fingerprint density at radius 2 is 2.50 bits per heavy atom. The fourth-order valence-corrected chi connectivity index (χ4v) is 2.78. The van der Waals surface area contributed by atoms with Crippen LogP contribution in [0.4, 0.5) is 0 Å². The number of amides is 1. The molecule has 1 aromatic heterocycles. The van der Waals surface area contributed by atoms with Gasteiger partial charge in [-0.2, -0.15) is 0 Å². The number of carbonyl (C=O) groups excluding carboxylic acids is 2. The van der Waals surface area contributed by atoms with Crippen LogP contribution in [0.2, 0.25) is 0 Å². The number of esters is 1. The van der Waals surface area contributed by atoms with Crippen molar-refractivity contribution in [3.63, 3.8) is 0 Å². The van der Waals surface area contributed by atoms with Crippen molar-refractivity contribution in [3.8, 4) is 0 Å². The number of hydrogen-bond acceptors (Lipinski definition) is 6. The van der Waals surface area contributed by atoms with E-state index in [2.05, 4.69) is 10.6 Å². The molecule has 1 amide bonds. The summed E-state index contributed by atoms with van der Waals surface area (Å²) in [6.07, 6.45) is 0.277. The monoisotopic (exact) mass is 298 g/mol. The summed E-state index contributed by atoms with van der Waals surface area (Å²) in [5.41, 5.74) is 0. The molecular weight excluding hydrogens is 280 g/mol. The molecule has 20 heavy (non-hydrogen) atoms. The molecule has 2 heterocycles. The molecule has 1 aliphatic heterocycles. The second-order valence-electron chi connectivity index (χ2n) is 4.47. The molecule has 0 aliphatic carbocycles. The predicted octanol–water partition coefficient (Wildman–Crippen LogP) is 0.457. The molecule has 1 aromatic rings. The number of morpholine rings is 1. The zero-order valence-corrected chi connectivity index (χ0v) is 12.1. The van der Waals surface area contributed by atoms with Crippen LogP contribution in [0, 0.1) is 0 Å². The highest BCUT2D eigenvalue weighted by atomic mass is 32.1. The molecule has 110 valence electrons. The van der Waals surface area contributed by atoms with Gasteiger partial charge in [0.2, 0.25) is 5.91 Å². The van der Waals surface area contributed by atoms with Crippen LogP contribution in [0.3, 0.4) is 0 Å². The summed E-state index contributed by atoms with van der Waals surface area (Å²) in [5.74, 6) is -0.662. The molecular formula is C13H18N2O4S. The summed E-state index contributed by atoms with van der Waals surface area (Å²) < 4.78 is 10.0. The third-order valence-corrected chi connectivity index (χ3v) is 3.94. The maximum atomic E-state index is 12.0. The molecule has 0 radical (unpaired) electrons. The molecule has 6 nitrogen and oxygen atoms in total. The lowest BCUT2D eigenvalue weighted by Crippen LogP contribution is -2.45. The van der Waals surface area contributed by atoms with Crippen LogP contribution >= 0.6 is 11.3 Å². The summed E-state index contributed by atoms with van der Waals surface area (Å²) in [4.78, 5) is 24.6. The largest absolute Gasteiger partial charge is 0.467 e. The van der Waals surface area contributed by atoms with E-state index in [-0.39, 0.29) is 18.4 Å². The van der Waals surface area contributed by atoms with E-state index in [1.807, 2.05) is 11.4 Å². The molecule has 0 aromatic carbocycles. The highest BCUT2D eigenvalue weighted by Crippen LogP contribution is 2.20. The zero-order valence-electron chi connectivity index (χ0n) is 11.3. The van der Waals surface area contributed by atoms with E-state index in [1.54, 1.807) is 6.07 Å². The summed E-state index contributed by atoms with van der Waals surface area (Å²) in [6.45, 7) is 1.91. The third-order valence-electron chi connectivity index (χ3n) is 3.00. The second kappa shape index (κ2) is 7.37. The Labute approximate surface area is 121 Å². The van der Waals surface area contributed by atoms with Crippen LogP contribution in [0.5, 0.6) is 0 Å². The highest BCUT2D eigenvalue weighted by Gasteiger charge is 2.26. The molecule has 1 aliphatic rings. The minimum Gasteiger partial charge on any atom is -0.467 e. The number of methoxy groups -OCH3 is 1. The van der Waals surface area contributed by atoms with Crippen molar-refractivity contribution < 1.29 is 19.1 Å². The molecule has 0 bridgehead atoms. The van der Waals surface area contributed by atoms with Crippen molar-refractivity contribution in [2.24, 2.45) is 0 Å². The lowest BCUT2D eigenvalue weighted by Gasteiger charge is -2.24. The van der Waals surface area contributed by atoms with Gasteiger partial charge in [-0.05, 0) is 11.4 Å². The molecule has 0 spiro atoms. The number of ether oxygens (including phenoxy) is 2. The lowest BCUT2D eigenvalue weighted by molar-refractivity contribution is -0.145. The number of hydrogen-bond donors (Lipinski definition) is 2. The van der Waals surface area contributed by atoms with E-state index in [9.17, 15) is 9.59 Å². The number of rotatable bonds is 5. The second-order valence-corrected chi connectivity index (χ2v) is 5.45. The quantitative estimate of drug-likeness (QED) is 0.772. The average molecular weight is 298 g/mol. The standard InChI is InChI=1S/C13H18N2O4S/c1-18-13(17)12(10-3-2-6-20-10)15-11(16)7-9-8-19-5-4-14-9/h2-3,6,9,12,14H,4-5,7-8H2,1H3,(H,15,16). The molecule has 2 unspecified atom stereocenters. The van der Waals surface area contributed by atoms with Crippen molar-refractivity contribution in [2.45, 2.75) is 18.5 Å². The van der Waals surface area contributed by atoms with Gasteiger partial charge in [0.1, 0.15) is 0 Å². The fourth-order valence-electron chi connectivity index (χ4n) is 2.01. The van der Waals surface area contributed by atoms with Gasteiger partial charge < -0.3 is 20.1 Å². The zero-order chi connectivity index (χ0) is 14.4. The van der Waals surface area contributed by atoms with Crippen LogP contribution in [0.25, 0.3) is 0 Å². The topological polar surface area (TPSA) is 76.7 Å². The van der Waals surface area contributed by atoms with Crippen LogP contribution in [-0.2, 0) is 19.1 Å². The van der Waals surface area contributed by atoms with E-state index in [0.717, 1.165) is 11.4 Å².